The van der Waals surface area contributed by atoms with Gasteiger partial charge in [0.05, 0.1) is 0 Å². The molecule has 0 aliphatic heterocycles. The van der Waals surface area contributed by atoms with Gasteiger partial charge in [-0.1, -0.05) is 144 Å². The van der Waals surface area contributed by atoms with Crippen LogP contribution in [-0.4, -0.2) is 37.5 Å². The van der Waals surface area contributed by atoms with Gasteiger partial charge in [0.15, 0.2) is 0 Å². The lowest BCUT2D eigenvalue weighted by molar-refractivity contribution is -0.0581. The maximum Gasteiger partial charge on any atom is 0.407 e. The van der Waals surface area contributed by atoms with Crippen molar-refractivity contribution in [1.29, 1.82) is 0 Å². The van der Waals surface area contributed by atoms with E-state index in [1.807, 2.05) is 0 Å². The normalized spacial score (nSPS) is 40.4. The molecular weight excluding hydrogens is 837 g/mol. The molecule has 0 aromatic rings. The number of amides is 2. The zero-order valence-electron chi connectivity index (χ0n) is 45.7. The molecule has 8 aliphatic rings. The molecule has 0 heterocycles. The summed E-state index contributed by atoms with van der Waals surface area (Å²) in [6, 6.07) is 0. The number of ether oxygens (including phenoxy) is 2. The number of unbranched alkanes of at least 4 members (excludes halogenated alkanes) is 3. The van der Waals surface area contributed by atoms with Crippen molar-refractivity contribution in [2.45, 2.75) is 248 Å². The molecule has 0 aromatic carbocycles. The van der Waals surface area contributed by atoms with Gasteiger partial charge < -0.3 is 20.1 Å². The minimum absolute atomic E-state index is 0.00952. The summed E-state index contributed by atoms with van der Waals surface area (Å²) in [7, 11) is 0. The first-order valence-electron chi connectivity index (χ1n) is 29.7. The second-order valence-electron chi connectivity index (χ2n) is 27.4. The van der Waals surface area contributed by atoms with Gasteiger partial charge in [0.2, 0.25) is 0 Å². The van der Waals surface area contributed by atoms with E-state index in [4.69, 9.17) is 9.47 Å². The van der Waals surface area contributed by atoms with Crippen molar-refractivity contribution in [3.63, 3.8) is 0 Å². The van der Waals surface area contributed by atoms with E-state index in [9.17, 15) is 9.59 Å². The average molecular weight is 942 g/mol. The number of hydrogen-bond donors (Lipinski definition) is 2. The fourth-order valence-electron chi connectivity index (χ4n) is 18.9. The Morgan fingerprint density at radius 2 is 0.926 bits per heavy atom. The lowest BCUT2D eigenvalue weighted by atomic mass is 9.47. The first kappa shape index (κ1) is 52.3. The summed E-state index contributed by atoms with van der Waals surface area (Å²) in [4.78, 5) is 25.9. The van der Waals surface area contributed by atoms with E-state index in [0.29, 0.717) is 23.9 Å². The first-order chi connectivity index (χ1) is 32.5. The van der Waals surface area contributed by atoms with Crippen LogP contribution in [0.1, 0.15) is 236 Å². The minimum Gasteiger partial charge on any atom is -0.446 e. The molecule has 8 rings (SSSR count). The van der Waals surface area contributed by atoms with Crippen LogP contribution in [0.5, 0.6) is 0 Å². The van der Waals surface area contributed by atoms with E-state index in [-0.39, 0.29) is 35.2 Å². The maximum atomic E-state index is 13.0. The van der Waals surface area contributed by atoms with E-state index >= 15 is 0 Å². The number of carbonyl (C=O) groups excluding carboxylic acids is 2. The van der Waals surface area contributed by atoms with Gasteiger partial charge in [-0.3, -0.25) is 0 Å². The second-order valence-corrected chi connectivity index (χ2v) is 27.4. The number of nitrogens with one attached hydrogen (secondary N) is 2. The van der Waals surface area contributed by atoms with Crippen molar-refractivity contribution < 1.29 is 19.1 Å². The Labute approximate surface area is 417 Å². The summed E-state index contributed by atoms with van der Waals surface area (Å²) in [5.74, 6) is 10.1. The molecule has 16 atom stereocenters. The highest BCUT2D eigenvalue weighted by Crippen LogP contribution is 2.69. The number of rotatable bonds is 19. The van der Waals surface area contributed by atoms with Crippen LogP contribution in [0.3, 0.4) is 0 Å². The van der Waals surface area contributed by atoms with Crippen LogP contribution in [0, 0.1) is 92.7 Å². The topological polar surface area (TPSA) is 76.7 Å². The van der Waals surface area contributed by atoms with Crippen LogP contribution in [0.2, 0.25) is 0 Å². The molecule has 0 spiro atoms. The molecule has 6 fully saturated rings. The van der Waals surface area contributed by atoms with Gasteiger partial charge in [-0.2, -0.15) is 0 Å². The molecule has 0 bridgehead atoms. The number of hydrogen-bond acceptors (Lipinski definition) is 4. The lowest BCUT2D eigenvalue weighted by Gasteiger charge is -2.58. The molecule has 2 amide bonds. The van der Waals surface area contributed by atoms with Crippen molar-refractivity contribution in [1.82, 2.24) is 10.6 Å². The summed E-state index contributed by atoms with van der Waals surface area (Å²) in [5.41, 5.74) is 4.75. The van der Waals surface area contributed by atoms with Gasteiger partial charge in [0, 0.05) is 25.9 Å². The molecule has 6 saturated carbocycles. The number of fused-ring (bicyclic) bond motifs is 10. The van der Waals surface area contributed by atoms with E-state index in [0.717, 1.165) is 135 Å². The molecule has 0 saturated heterocycles. The van der Waals surface area contributed by atoms with E-state index in [1.54, 1.807) is 11.1 Å². The van der Waals surface area contributed by atoms with Crippen molar-refractivity contribution in [3.8, 4) is 0 Å². The van der Waals surface area contributed by atoms with E-state index in [1.165, 1.54) is 103 Å². The Kier molecular flexibility index (Phi) is 16.9. The monoisotopic (exact) mass is 941 g/mol. The molecule has 386 valence electrons. The molecule has 0 radical (unpaired) electrons. The van der Waals surface area contributed by atoms with Crippen LogP contribution in [0.25, 0.3) is 0 Å². The number of allylic oxidation sites excluding steroid dienone is 2. The van der Waals surface area contributed by atoms with Crippen molar-refractivity contribution in [3.05, 3.63) is 23.3 Å². The van der Waals surface area contributed by atoms with Crippen LogP contribution >= 0.6 is 0 Å². The van der Waals surface area contributed by atoms with Gasteiger partial charge in [0.25, 0.3) is 0 Å². The third-order valence-corrected chi connectivity index (χ3v) is 22.7. The van der Waals surface area contributed by atoms with Gasteiger partial charge in [-0.25, -0.2) is 9.59 Å². The van der Waals surface area contributed by atoms with E-state index in [2.05, 4.69) is 92.0 Å². The predicted octanol–water partition coefficient (Wildman–Crippen LogP) is 16.8. The molecule has 8 aliphatic carbocycles. The maximum absolute atomic E-state index is 13.0. The molecule has 6 nitrogen and oxygen atoms in total. The number of alkyl carbamates (subject to hydrolysis) is 2. The van der Waals surface area contributed by atoms with E-state index < -0.39 is 0 Å². The predicted molar refractivity (Wildman–Crippen MR) is 281 cm³/mol. The Morgan fingerprint density at radius 1 is 0.515 bits per heavy atom. The Hall–Kier alpha value is -1.98. The standard InChI is InChI=1S/C62H104N2O4/c1-41(2)17-15-19-43(5)51-25-27-53-49-23-21-45-39-47(29-33-59(45,7)55(49)31-35-61(51,53)9)67-57(65)63-37-13-11-12-14-38-64-58(66)68-48-30-34-60(8)46(40-48)22-24-50-54-28-26-52(44(6)20-16-18-42(3)4)62(54,10)36-32-56(50)60/h21-22,41-44,47-56H,11-20,23-40H2,1-10H3,(H,63,65)(H,64,66). The van der Waals surface area contributed by atoms with Gasteiger partial charge >= 0.3 is 12.2 Å². The van der Waals surface area contributed by atoms with Gasteiger partial charge in [-0.15, -0.1) is 0 Å². The van der Waals surface area contributed by atoms with Crippen molar-refractivity contribution in [2.75, 3.05) is 13.1 Å². The summed E-state index contributed by atoms with van der Waals surface area (Å²) >= 11 is 0. The Morgan fingerprint density at radius 3 is 1.32 bits per heavy atom. The van der Waals surface area contributed by atoms with Crippen molar-refractivity contribution in [2.24, 2.45) is 92.7 Å². The number of carbonyl (C=O) groups is 2. The Balaban J connectivity index is 0.689. The summed E-state index contributed by atoms with van der Waals surface area (Å²) < 4.78 is 12.1. The fourth-order valence-corrected chi connectivity index (χ4v) is 18.9. The largest absolute Gasteiger partial charge is 0.446 e. The zero-order valence-corrected chi connectivity index (χ0v) is 45.7. The summed E-state index contributed by atoms with van der Waals surface area (Å²) in [5, 5.41) is 6.12. The molecule has 16 unspecified atom stereocenters. The van der Waals surface area contributed by atoms with Crippen LogP contribution < -0.4 is 10.6 Å². The van der Waals surface area contributed by atoms with Gasteiger partial charge in [0.1, 0.15) is 12.2 Å². The Bertz CT molecular complexity index is 1640. The molecule has 6 heteroatoms. The molecule has 0 aromatic heterocycles. The van der Waals surface area contributed by atoms with Crippen LogP contribution in [0.15, 0.2) is 23.3 Å². The van der Waals surface area contributed by atoms with Crippen LogP contribution in [0.4, 0.5) is 9.59 Å². The lowest BCUT2D eigenvalue weighted by Crippen LogP contribution is -2.51. The smallest absolute Gasteiger partial charge is 0.407 e. The van der Waals surface area contributed by atoms with Crippen LogP contribution in [-0.2, 0) is 9.47 Å². The fraction of sp³-hybridized carbons (Fsp3) is 0.903. The zero-order chi connectivity index (χ0) is 48.4. The molecule has 2 N–H and O–H groups in total. The highest BCUT2D eigenvalue weighted by molar-refractivity contribution is 5.67. The first-order valence-corrected chi connectivity index (χ1v) is 29.7. The quantitative estimate of drug-likeness (QED) is 0.0999. The minimum atomic E-state index is -0.251. The third kappa shape index (κ3) is 10.9. The van der Waals surface area contributed by atoms with Gasteiger partial charge in [-0.05, 0) is 195 Å². The average Bonchev–Trinajstić information content (AvgIpc) is 3.84. The second kappa shape index (κ2) is 22.0. The SMILES string of the molecule is CC(C)CCCC(C)C1CCC2C3CC=C4CC(OC(=O)NCCCCCCNC(=O)OC5CCC6(C)C(=CCC7C6CCC6(C)C(C(C)CCCC(C)C)CCC76)C5)CCC4(C)C3CCC12C. The highest BCUT2D eigenvalue weighted by Gasteiger charge is 2.61. The molecular formula is C62H104N2O4. The van der Waals surface area contributed by atoms with Crippen molar-refractivity contribution >= 4 is 12.2 Å². The molecule has 68 heavy (non-hydrogen) atoms. The highest BCUT2D eigenvalue weighted by atomic mass is 16.6. The summed E-state index contributed by atoms with van der Waals surface area (Å²) in [6.07, 6.45) is 36.8. The third-order valence-electron chi connectivity index (χ3n) is 22.7. The summed E-state index contributed by atoms with van der Waals surface area (Å²) in [6.45, 7) is 26.5.